The molecule has 0 atom stereocenters. The lowest BCUT2D eigenvalue weighted by Crippen LogP contribution is -2.22. The van der Waals surface area contributed by atoms with Gasteiger partial charge < -0.3 is 5.73 Å². The number of primary amides is 1. The van der Waals surface area contributed by atoms with Crippen LogP contribution in [0.2, 0.25) is 0 Å². The van der Waals surface area contributed by atoms with Gasteiger partial charge in [0, 0.05) is 12.2 Å². The standard InChI is InChI=1S/C19H22N4O/c1-3-22(4-2)12-14-8-10-15(11-9-14)23-13-21-18-16(19(20)24)6-5-7-17(18)23/h5-11,13H,3-4,12H2,1-2H3,(H2,20,24). The number of amides is 1. The molecule has 124 valence electrons. The number of benzene rings is 2. The number of rotatable bonds is 6. The summed E-state index contributed by atoms with van der Waals surface area (Å²) in [7, 11) is 0. The number of carbonyl (C=O) groups excluding carboxylic acids is 1. The van der Waals surface area contributed by atoms with E-state index >= 15 is 0 Å². The highest BCUT2D eigenvalue weighted by Gasteiger charge is 2.12. The Morgan fingerprint density at radius 2 is 1.83 bits per heavy atom. The molecule has 5 heteroatoms. The first-order valence-electron chi connectivity index (χ1n) is 8.21. The van der Waals surface area contributed by atoms with Crippen molar-refractivity contribution in [2.45, 2.75) is 20.4 Å². The lowest BCUT2D eigenvalue weighted by molar-refractivity contribution is 0.100. The van der Waals surface area contributed by atoms with Crippen molar-refractivity contribution in [3.05, 3.63) is 59.9 Å². The van der Waals surface area contributed by atoms with Crippen LogP contribution in [0.15, 0.2) is 48.8 Å². The summed E-state index contributed by atoms with van der Waals surface area (Å²) < 4.78 is 1.98. The van der Waals surface area contributed by atoms with Crippen LogP contribution >= 0.6 is 0 Å². The third kappa shape index (κ3) is 3.03. The molecule has 0 bridgehead atoms. The largest absolute Gasteiger partial charge is 0.366 e. The van der Waals surface area contributed by atoms with E-state index in [0.717, 1.165) is 30.8 Å². The van der Waals surface area contributed by atoms with E-state index in [1.54, 1.807) is 12.4 Å². The van der Waals surface area contributed by atoms with Crippen molar-refractivity contribution in [3.63, 3.8) is 0 Å². The molecule has 0 saturated heterocycles. The molecule has 0 aliphatic carbocycles. The molecule has 3 rings (SSSR count). The SMILES string of the molecule is CCN(CC)Cc1ccc(-n2cnc3c(C(N)=O)cccc32)cc1. The molecule has 2 aromatic carbocycles. The average Bonchev–Trinajstić information content (AvgIpc) is 3.04. The van der Waals surface area contributed by atoms with Gasteiger partial charge in [0.05, 0.1) is 11.1 Å². The van der Waals surface area contributed by atoms with Crippen molar-refractivity contribution < 1.29 is 4.79 Å². The van der Waals surface area contributed by atoms with Gasteiger partial charge in [-0.05, 0) is 42.9 Å². The highest BCUT2D eigenvalue weighted by Crippen LogP contribution is 2.21. The van der Waals surface area contributed by atoms with Crippen molar-refractivity contribution in [2.24, 2.45) is 5.73 Å². The number of hydrogen-bond donors (Lipinski definition) is 1. The second-order valence-electron chi connectivity index (χ2n) is 5.78. The van der Waals surface area contributed by atoms with Gasteiger partial charge in [0.2, 0.25) is 0 Å². The van der Waals surface area contributed by atoms with Crippen molar-refractivity contribution in [2.75, 3.05) is 13.1 Å². The number of carbonyl (C=O) groups is 1. The molecule has 0 aliphatic rings. The van der Waals surface area contributed by atoms with Crippen LogP contribution in [0.1, 0.15) is 29.8 Å². The summed E-state index contributed by atoms with van der Waals surface area (Å²) in [6.07, 6.45) is 1.73. The number of imidazole rings is 1. The van der Waals surface area contributed by atoms with Gasteiger partial charge in [0.25, 0.3) is 5.91 Å². The van der Waals surface area contributed by atoms with E-state index in [4.69, 9.17) is 5.73 Å². The average molecular weight is 322 g/mol. The quantitative estimate of drug-likeness (QED) is 0.759. The van der Waals surface area contributed by atoms with Crippen molar-refractivity contribution in [3.8, 4) is 5.69 Å². The smallest absolute Gasteiger partial charge is 0.250 e. The Morgan fingerprint density at radius 3 is 2.46 bits per heavy atom. The van der Waals surface area contributed by atoms with Gasteiger partial charge in [0.1, 0.15) is 11.8 Å². The molecule has 1 aromatic heterocycles. The zero-order valence-corrected chi connectivity index (χ0v) is 14.1. The highest BCUT2D eigenvalue weighted by atomic mass is 16.1. The fraction of sp³-hybridized carbons (Fsp3) is 0.263. The van der Waals surface area contributed by atoms with Gasteiger partial charge in [-0.15, -0.1) is 0 Å². The summed E-state index contributed by atoms with van der Waals surface area (Å²) in [5.74, 6) is -0.458. The topological polar surface area (TPSA) is 64.2 Å². The summed E-state index contributed by atoms with van der Waals surface area (Å²) >= 11 is 0. The number of fused-ring (bicyclic) bond motifs is 1. The van der Waals surface area contributed by atoms with Crippen LogP contribution < -0.4 is 5.73 Å². The zero-order chi connectivity index (χ0) is 17.1. The fourth-order valence-corrected chi connectivity index (χ4v) is 2.91. The molecule has 0 unspecified atom stereocenters. The normalized spacial score (nSPS) is 11.3. The second-order valence-corrected chi connectivity index (χ2v) is 5.78. The summed E-state index contributed by atoms with van der Waals surface area (Å²) in [4.78, 5) is 18.3. The van der Waals surface area contributed by atoms with Crippen LogP contribution in [-0.4, -0.2) is 33.4 Å². The predicted molar refractivity (Wildman–Crippen MR) is 96.2 cm³/mol. The molecule has 24 heavy (non-hydrogen) atoms. The van der Waals surface area contributed by atoms with Crippen molar-refractivity contribution in [1.29, 1.82) is 0 Å². The van der Waals surface area contributed by atoms with Crippen molar-refractivity contribution >= 4 is 16.9 Å². The van der Waals surface area contributed by atoms with Gasteiger partial charge in [-0.2, -0.15) is 0 Å². The minimum absolute atomic E-state index is 0.449. The maximum absolute atomic E-state index is 11.5. The first-order chi connectivity index (χ1) is 11.6. The summed E-state index contributed by atoms with van der Waals surface area (Å²) in [6.45, 7) is 7.38. The number of aromatic nitrogens is 2. The van der Waals surface area contributed by atoms with Gasteiger partial charge in [-0.1, -0.05) is 32.0 Å². The maximum atomic E-state index is 11.5. The van der Waals surface area contributed by atoms with E-state index in [-0.39, 0.29) is 0 Å². The number of hydrogen-bond acceptors (Lipinski definition) is 3. The minimum Gasteiger partial charge on any atom is -0.366 e. The molecule has 0 spiro atoms. The molecular formula is C19H22N4O. The van der Waals surface area contributed by atoms with Crippen LogP contribution in [-0.2, 0) is 6.54 Å². The molecular weight excluding hydrogens is 300 g/mol. The summed E-state index contributed by atoms with van der Waals surface area (Å²) in [5.41, 5.74) is 9.69. The van der Waals surface area contributed by atoms with Crippen molar-refractivity contribution in [1.82, 2.24) is 14.5 Å². The molecule has 2 N–H and O–H groups in total. The first-order valence-corrected chi connectivity index (χ1v) is 8.21. The highest BCUT2D eigenvalue weighted by molar-refractivity contribution is 6.04. The van der Waals surface area contributed by atoms with Crippen LogP contribution in [0.25, 0.3) is 16.7 Å². The van der Waals surface area contributed by atoms with Crippen LogP contribution in [0, 0.1) is 0 Å². The molecule has 3 aromatic rings. The van der Waals surface area contributed by atoms with E-state index in [9.17, 15) is 4.79 Å². The molecule has 5 nitrogen and oxygen atoms in total. The van der Waals surface area contributed by atoms with Gasteiger partial charge in [-0.3, -0.25) is 14.3 Å². The summed E-state index contributed by atoms with van der Waals surface area (Å²) in [5, 5.41) is 0. The Morgan fingerprint density at radius 1 is 1.12 bits per heavy atom. The lowest BCUT2D eigenvalue weighted by atomic mass is 10.1. The predicted octanol–water partition coefficient (Wildman–Crippen LogP) is 2.97. The third-order valence-electron chi connectivity index (χ3n) is 4.36. The minimum atomic E-state index is -0.458. The van der Waals surface area contributed by atoms with Crippen LogP contribution in [0.3, 0.4) is 0 Å². The van der Waals surface area contributed by atoms with E-state index < -0.39 is 5.91 Å². The zero-order valence-electron chi connectivity index (χ0n) is 14.1. The van der Waals surface area contributed by atoms with Gasteiger partial charge in [0.15, 0.2) is 0 Å². The Kier molecular flexibility index (Phi) is 4.62. The van der Waals surface area contributed by atoms with E-state index in [1.807, 2.05) is 16.7 Å². The Labute approximate surface area is 141 Å². The molecule has 0 saturated carbocycles. The van der Waals surface area contributed by atoms with Crippen LogP contribution in [0.4, 0.5) is 0 Å². The third-order valence-corrected chi connectivity index (χ3v) is 4.36. The monoisotopic (exact) mass is 322 g/mol. The van der Waals surface area contributed by atoms with Gasteiger partial charge >= 0.3 is 0 Å². The Balaban J connectivity index is 1.94. The Hall–Kier alpha value is -2.66. The number of para-hydroxylation sites is 1. The molecule has 0 aliphatic heterocycles. The summed E-state index contributed by atoms with van der Waals surface area (Å²) in [6, 6.07) is 13.9. The Bertz CT molecular complexity index is 847. The number of nitrogens with zero attached hydrogens (tertiary/aromatic N) is 3. The fourth-order valence-electron chi connectivity index (χ4n) is 2.91. The van der Waals surface area contributed by atoms with E-state index in [0.29, 0.717) is 11.1 Å². The second kappa shape index (κ2) is 6.84. The van der Waals surface area contributed by atoms with E-state index in [2.05, 4.69) is 48.0 Å². The molecule has 1 heterocycles. The molecule has 0 fully saturated rings. The maximum Gasteiger partial charge on any atom is 0.250 e. The first kappa shape index (κ1) is 16.2. The molecule has 0 radical (unpaired) electrons. The molecule has 1 amide bonds. The number of nitrogens with two attached hydrogens (primary N) is 1. The van der Waals surface area contributed by atoms with E-state index in [1.165, 1.54) is 5.56 Å². The lowest BCUT2D eigenvalue weighted by Gasteiger charge is -2.18. The van der Waals surface area contributed by atoms with Crippen LogP contribution in [0.5, 0.6) is 0 Å². The van der Waals surface area contributed by atoms with Gasteiger partial charge in [-0.25, -0.2) is 4.98 Å².